The molecular formula is C25H23F4N5O5S. The van der Waals surface area contributed by atoms with E-state index in [2.05, 4.69) is 25.3 Å². The molecule has 0 radical (unpaired) electrons. The maximum Gasteiger partial charge on any atom is 0.416 e. The second kappa shape index (κ2) is 10.7. The molecule has 0 bridgehead atoms. The van der Waals surface area contributed by atoms with Gasteiger partial charge >= 0.3 is 12.2 Å². The lowest BCUT2D eigenvalue weighted by molar-refractivity contribution is -0.137. The van der Waals surface area contributed by atoms with Gasteiger partial charge in [-0.3, -0.25) is 9.87 Å². The van der Waals surface area contributed by atoms with Crippen LogP contribution in [-0.2, 0) is 16.3 Å². The summed E-state index contributed by atoms with van der Waals surface area (Å²) in [6.07, 6.45) is -1.82. The summed E-state index contributed by atoms with van der Waals surface area (Å²) < 4.78 is 89.9. The Bertz CT molecular complexity index is 1620. The molecule has 4 aromatic rings. The Kier molecular flexibility index (Phi) is 7.48. The first-order valence-electron chi connectivity index (χ1n) is 12.1. The Morgan fingerprint density at radius 1 is 1.10 bits per heavy atom. The lowest BCUT2D eigenvalue weighted by Crippen LogP contribution is -2.47. The maximum atomic E-state index is 15.0. The predicted octanol–water partition coefficient (Wildman–Crippen LogP) is 3.80. The summed E-state index contributed by atoms with van der Waals surface area (Å²) in [6, 6.07) is 7.48. The number of aromatic amines is 1. The summed E-state index contributed by atoms with van der Waals surface area (Å²) in [6.45, 7) is -0.0881. The lowest BCUT2D eigenvalue weighted by Gasteiger charge is -2.37. The highest BCUT2D eigenvalue weighted by Crippen LogP contribution is 2.34. The molecule has 1 saturated carbocycles. The van der Waals surface area contributed by atoms with Crippen LogP contribution < -0.4 is 10.1 Å². The van der Waals surface area contributed by atoms with E-state index >= 15 is 0 Å². The molecule has 4 N–H and O–H groups in total. The van der Waals surface area contributed by atoms with Gasteiger partial charge in [0.2, 0.25) is 0 Å². The van der Waals surface area contributed by atoms with E-state index in [9.17, 15) is 31.1 Å². The zero-order valence-corrected chi connectivity index (χ0v) is 21.4. The number of rotatable bonds is 9. The van der Waals surface area contributed by atoms with Crippen molar-refractivity contribution in [2.75, 3.05) is 12.3 Å². The number of fused-ring (bicyclic) bond motifs is 1. The Labute approximate surface area is 225 Å². The molecule has 0 aliphatic heterocycles. The van der Waals surface area contributed by atoms with E-state index in [-0.39, 0.29) is 47.0 Å². The SMILES string of the molecule is O=S(=O)(O)CCN[C@H](O)C1CC(Oc2ncc(-c3ccc(-c4nc5ccc(C(F)(F)F)cc5[nH]4)c(F)c3)cn2)C1. The van der Waals surface area contributed by atoms with E-state index in [1.165, 1.54) is 30.6 Å². The van der Waals surface area contributed by atoms with Gasteiger partial charge in [0.25, 0.3) is 10.1 Å². The van der Waals surface area contributed by atoms with E-state index in [0.717, 1.165) is 12.1 Å². The molecule has 40 heavy (non-hydrogen) atoms. The molecule has 15 heteroatoms. The topological polar surface area (TPSA) is 150 Å². The number of hydrogen-bond donors (Lipinski definition) is 4. The summed E-state index contributed by atoms with van der Waals surface area (Å²) in [5.74, 6) is -1.21. The van der Waals surface area contributed by atoms with E-state index in [4.69, 9.17) is 9.29 Å². The lowest BCUT2D eigenvalue weighted by atomic mass is 9.81. The van der Waals surface area contributed by atoms with Crippen LogP contribution in [0.25, 0.3) is 33.5 Å². The van der Waals surface area contributed by atoms with Gasteiger partial charge in [-0.05, 0) is 48.7 Å². The normalized spacial score (nSPS) is 18.4. The number of halogens is 4. The second-order valence-corrected chi connectivity index (χ2v) is 11.0. The van der Waals surface area contributed by atoms with Gasteiger partial charge in [-0.1, -0.05) is 6.07 Å². The molecule has 2 aromatic heterocycles. The van der Waals surface area contributed by atoms with Crippen LogP contribution in [0, 0.1) is 11.7 Å². The number of nitrogens with zero attached hydrogens (tertiary/aromatic N) is 3. The van der Waals surface area contributed by atoms with Gasteiger partial charge in [-0.2, -0.15) is 21.6 Å². The number of aliphatic hydroxyl groups excluding tert-OH is 1. The molecule has 0 saturated heterocycles. The van der Waals surface area contributed by atoms with Crippen molar-refractivity contribution in [1.82, 2.24) is 25.3 Å². The van der Waals surface area contributed by atoms with Crippen molar-refractivity contribution in [2.24, 2.45) is 5.92 Å². The number of alkyl halides is 3. The van der Waals surface area contributed by atoms with Crippen molar-refractivity contribution in [1.29, 1.82) is 0 Å². The van der Waals surface area contributed by atoms with Crippen LogP contribution in [-0.4, -0.2) is 62.6 Å². The van der Waals surface area contributed by atoms with Gasteiger partial charge in [0, 0.05) is 30.4 Å². The zero-order chi connectivity index (χ0) is 28.7. The van der Waals surface area contributed by atoms with Crippen LogP contribution in [0.5, 0.6) is 6.01 Å². The smallest absolute Gasteiger partial charge is 0.416 e. The molecule has 1 fully saturated rings. The van der Waals surface area contributed by atoms with Crippen LogP contribution in [0.4, 0.5) is 17.6 Å². The molecule has 2 aromatic carbocycles. The zero-order valence-electron chi connectivity index (χ0n) is 20.6. The monoisotopic (exact) mass is 581 g/mol. The molecule has 5 rings (SSSR count). The number of nitrogens with one attached hydrogen (secondary N) is 2. The van der Waals surface area contributed by atoms with Crippen LogP contribution in [0.1, 0.15) is 18.4 Å². The first-order valence-corrected chi connectivity index (χ1v) is 13.7. The van der Waals surface area contributed by atoms with Crippen molar-refractivity contribution in [3.05, 3.63) is 60.2 Å². The molecule has 1 atom stereocenters. The Hall–Kier alpha value is -3.66. The van der Waals surface area contributed by atoms with Crippen LogP contribution in [0.3, 0.4) is 0 Å². The van der Waals surface area contributed by atoms with Gasteiger partial charge < -0.3 is 14.8 Å². The maximum absolute atomic E-state index is 15.0. The van der Waals surface area contributed by atoms with E-state index in [1.54, 1.807) is 6.07 Å². The van der Waals surface area contributed by atoms with Gasteiger partial charge in [0.15, 0.2) is 0 Å². The average Bonchev–Trinajstić information content (AvgIpc) is 3.28. The molecule has 0 unspecified atom stereocenters. The van der Waals surface area contributed by atoms with Crippen molar-refractivity contribution in [3.8, 4) is 28.5 Å². The van der Waals surface area contributed by atoms with E-state index in [0.29, 0.717) is 24.0 Å². The number of benzene rings is 2. The molecule has 10 nitrogen and oxygen atoms in total. The number of ether oxygens (including phenoxy) is 1. The Morgan fingerprint density at radius 3 is 2.48 bits per heavy atom. The third-order valence-corrected chi connectivity index (χ3v) is 7.28. The highest BCUT2D eigenvalue weighted by atomic mass is 32.2. The fourth-order valence-corrected chi connectivity index (χ4v) is 4.71. The fraction of sp³-hybridized carbons (Fsp3) is 0.320. The van der Waals surface area contributed by atoms with Crippen LogP contribution >= 0.6 is 0 Å². The number of H-pyrrole nitrogens is 1. The average molecular weight is 582 g/mol. The first-order chi connectivity index (χ1) is 18.9. The number of aromatic nitrogens is 4. The third kappa shape index (κ3) is 6.38. The minimum absolute atomic E-state index is 0.0866. The number of aliphatic hydroxyl groups is 1. The minimum Gasteiger partial charge on any atom is -0.460 e. The van der Waals surface area contributed by atoms with E-state index < -0.39 is 39.7 Å². The van der Waals surface area contributed by atoms with Gasteiger partial charge in [0.05, 0.1) is 27.9 Å². The van der Waals surface area contributed by atoms with Crippen molar-refractivity contribution in [3.63, 3.8) is 0 Å². The minimum atomic E-state index is -4.51. The number of imidazole rings is 1. The number of hydrogen-bond acceptors (Lipinski definition) is 8. The Balaban J connectivity index is 1.19. The van der Waals surface area contributed by atoms with Crippen molar-refractivity contribution >= 4 is 21.2 Å². The largest absolute Gasteiger partial charge is 0.460 e. The summed E-state index contributed by atoms with van der Waals surface area (Å²) in [4.78, 5) is 15.2. The summed E-state index contributed by atoms with van der Waals surface area (Å²) in [5.41, 5.74) is 0.630. The molecule has 2 heterocycles. The standard InChI is InChI=1S/C25H23F4N5O5S/c26-19-9-13(1-3-18(19)22-33-20-4-2-16(25(27,28)29)10-21(20)34-22)15-11-31-24(32-12-15)39-17-7-14(8-17)23(35)30-5-6-40(36,37)38/h1-4,9-12,14,17,23,30,35H,5-8H2,(H,33,34)(H,36,37,38)/t14?,17?,23-/m1/s1. The molecule has 0 amide bonds. The quantitative estimate of drug-likeness (QED) is 0.131. The van der Waals surface area contributed by atoms with Gasteiger partial charge in [0.1, 0.15) is 24.0 Å². The van der Waals surface area contributed by atoms with Crippen molar-refractivity contribution in [2.45, 2.75) is 31.3 Å². The molecular weight excluding hydrogens is 558 g/mol. The third-order valence-electron chi connectivity index (χ3n) is 6.56. The van der Waals surface area contributed by atoms with Crippen LogP contribution in [0.2, 0.25) is 0 Å². The van der Waals surface area contributed by atoms with Gasteiger partial charge in [-0.15, -0.1) is 0 Å². The molecule has 212 valence electrons. The summed E-state index contributed by atoms with van der Waals surface area (Å²) >= 11 is 0. The Morgan fingerprint density at radius 2 is 1.82 bits per heavy atom. The predicted molar refractivity (Wildman–Crippen MR) is 135 cm³/mol. The summed E-state index contributed by atoms with van der Waals surface area (Å²) in [7, 11) is -4.11. The first kappa shape index (κ1) is 27.9. The van der Waals surface area contributed by atoms with Gasteiger partial charge in [-0.25, -0.2) is 19.3 Å². The second-order valence-electron chi connectivity index (χ2n) is 9.42. The van der Waals surface area contributed by atoms with Crippen molar-refractivity contribution < 1.29 is 40.4 Å². The molecule has 1 aliphatic rings. The highest BCUT2D eigenvalue weighted by Gasteiger charge is 2.36. The molecule has 0 spiro atoms. The molecule has 1 aliphatic carbocycles. The fourth-order valence-electron chi connectivity index (χ4n) is 4.34. The van der Waals surface area contributed by atoms with Crippen LogP contribution in [0.15, 0.2) is 48.8 Å². The highest BCUT2D eigenvalue weighted by molar-refractivity contribution is 7.85. The summed E-state index contributed by atoms with van der Waals surface area (Å²) in [5, 5.41) is 12.7. The van der Waals surface area contributed by atoms with E-state index in [1.807, 2.05) is 0 Å².